The maximum atomic E-state index is 14.8. The number of hydrogen-bond acceptors (Lipinski definition) is 3. The van der Waals surface area contributed by atoms with Gasteiger partial charge in [-0.15, -0.1) is 0 Å². The van der Waals surface area contributed by atoms with Crippen molar-refractivity contribution in [1.29, 1.82) is 0 Å². The van der Waals surface area contributed by atoms with Gasteiger partial charge < -0.3 is 14.8 Å². The summed E-state index contributed by atoms with van der Waals surface area (Å²) in [6, 6.07) is 9.93. The Balaban J connectivity index is 1.84. The molecule has 0 bridgehead atoms. The fourth-order valence-corrected chi connectivity index (χ4v) is 4.68. The maximum Gasteiger partial charge on any atom is 0.171 e. The van der Waals surface area contributed by atoms with Gasteiger partial charge in [0.2, 0.25) is 0 Å². The van der Waals surface area contributed by atoms with Crippen molar-refractivity contribution in [3.63, 3.8) is 0 Å². The zero-order chi connectivity index (χ0) is 23.5. The Morgan fingerprint density at radius 2 is 1.73 bits per heavy atom. The number of ether oxygens (including phenoxy) is 2. The fraction of sp³-hybridized carbons (Fsp3) is 0.185. The van der Waals surface area contributed by atoms with E-state index in [1.165, 1.54) is 31.4 Å². The minimum Gasteiger partial charge on any atom is -0.496 e. The summed E-state index contributed by atoms with van der Waals surface area (Å²) < 4.78 is 54.4. The number of halogens is 3. The van der Waals surface area contributed by atoms with Crippen molar-refractivity contribution < 1.29 is 22.6 Å². The summed E-state index contributed by atoms with van der Waals surface area (Å²) in [4.78, 5) is 0. The van der Waals surface area contributed by atoms with E-state index in [4.69, 9.17) is 9.47 Å². The molecule has 3 aromatic rings. The summed E-state index contributed by atoms with van der Waals surface area (Å²) in [5.74, 6) is -1.26. The zero-order valence-corrected chi connectivity index (χ0v) is 18.6. The predicted molar refractivity (Wildman–Crippen MR) is 125 cm³/mol. The molecular weight excluding hydrogens is 427 g/mol. The largest absolute Gasteiger partial charge is 0.496 e. The maximum absolute atomic E-state index is 14.8. The van der Waals surface area contributed by atoms with Gasteiger partial charge in [0.25, 0.3) is 0 Å². The zero-order valence-electron chi connectivity index (χ0n) is 18.6. The normalized spacial score (nSPS) is 16.7. The second-order valence-electron chi connectivity index (χ2n) is 8.85. The fourth-order valence-electron chi connectivity index (χ4n) is 4.68. The van der Waals surface area contributed by atoms with Crippen LogP contribution in [0.25, 0.3) is 28.5 Å². The number of hydrogen-bond donors (Lipinski definition) is 1. The molecular formula is C27H22F3NO2. The lowest BCUT2D eigenvalue weighted by Gasteiger charge is -2.35. The van der Waals surface area contributed by atoms with Crippen molar-refractivity contribution in [2.45, 2.75) is 26.3 Å². The van der Waals surface area contributed by atoms with Crippen molar-refractivity contribution in [1.82, 2.24) is 0 Å². The van der Waals surface area contributed by atoms with Crippen LogP contribution in [0.3, 0.4) is 0 Å². The molecule has 6 heteroatoms. The van der Waals surface area contributed by atoms with Crippen molar-refractivity contribution in [2.24, 2.45) is 0 Å². The minimum absolute atomic E-state index is 0.0730. The highest BCUT2D eigenvalue weighted by Gasteiger charge is 2.32. The van der Waals surface area contributed by atoms with E-state index in [0.717, 1.165) is 22.9 Å². The number of fused-ring (bicyclic) bond motifs is 5. The Morgan fingerprint density at radius 3 is 2.48 bits per heavy atom. The molecule has 1 N–H and O–H groups in total. The third kappa shape index (κ3) is 3.55. The molecule has 168 valence electrons. The van der Waals surface area contributed by atoms with E-state index in [1.807, 2.05) is 19.1 Å². The second kappa shape index (κ2) is 7.44. The summed E-state index contributed by atoms with van der Waals surface area (Å²) >= 11 is 0. The number of benzene rings is 3. The molecule has 0 amide bonds. The number of anilines is 1. The highest BCUT2D eigenvalue weighted by Crippen LogP contribution is 2.50. The van der Waals surface area contributed by atoms with E-state index in [-0.39, 0.29) is 11.3 Å². The summed E-state index contributed by atoms with van der Waals surface area (Å²) in [6.45, 7) is 6.11. The van der Waals surface area contributed by atoms with Gasteiger partial charge in [-0.25, -0.2) is 13.2 Å². The minimum atomic E-state index is -0.808. The average molecular weight is 449 g/mol. The number of nitrogens with one attached hydrogen (secondary N) is 1. The SMILES string of the molecule is COc1ccc(F)cc1C=C1Oc2c(F)cc(F)cc2-c2ccc3c(c21)C(C)=CC(C)(C)N3. The van der Waals surface area contributed by atoms with Crippen LogP contribution in [-0.4, -0.2) is 12.6 Å². The monoisotopic (exact) mass is 449 g/mol. The Labute approximate surface area is 190 Å². The average Bonchev–Trinajstić information content (AvgIpc) is 2.73. The first kappa shape index (κ1) is 21.2. The molecule has 0 unspecified atom stereocenters. The lowest BCUT2D eigenvalue weighted by atomic mass is 9.83. The molecule has 5 rings (SSSR count). The molecule has 3 nitrogen and oxygen atoms in total. The molecule has 0 fully saturated rings. The third-order valence-electron chi connectivity index (χ3n) is 5.87. The highest BCUT2D eigenvalue weighted by molar-refractivity contribution is 6.00. The molecule has 0 aromatic heterocycles. The molecule has 2 heterocycles. The lowest BCUT2D eigenvalue weighted by molar-refractivity contribution is 0.412. The van der Waals surface area contributed by atoms with Gasteiger partial charge in [0, 0.05) is 34.0 Å². The molecule has 33 heavy (non-hydrogen) atoms. The van der Waals surface area contributed by atoms with Crippen LogP contribution >= 0.6 is 0 Å². The lowest BCUT2D eigenvalue weighted by Crippen LogP contribution is -2.32. The molecule has 0 saturated carbocycles. The van der Waals surface area contributed by atoms with Gasteiger partial charge in [0.1, 0.15) is 23.1 Å². The van der Waals surface area contributed by atoms with Gasteiger partial charge >= 0.3 is 0 Å². The van der Waals surface area contributed by atoms with Crippen LogP contribution in [0.4, 0.5) is 18.9 Å². The molecule has 0 aliphatic carbocycles. The van der Waals surface area contributed by atoms with Crippen LogP contribution in [0.5, 0.6) is 11.5 Å². The van der Waals surface area contributed by atoms with Crippen molar-refractivity contribution in [3.05, 3.63) is 82.7 Å². The standard InChI is InChI=1S/C27H22F3NO2/c1-14-13-27(2,3)31-21-7-6-18-19-11-17(29)12-20(30)26(19)33-23(25(18)24(14)21)10-15-9-16(28)5-8-22(15)32-4/h5-13,31H,1-4H3. The molecule has 2 aliphatic rings. The topological polar surface area (TPSA) is 30.5 Å². The first-order chi connectivity index (χ1) is 15.7. The first-order valence-corrected chi connectivity index (χ1v) is 10.5. The van der Waals surface area contributed by atoms with Gasteiger partial charge in [-0.3, -0.25) is 0 Å². The first-order valence-electron chi connectivity index (χ1n) is 10.5. The van der Waals surface area contributed by atoms with Gasteiger partial charge in [-0.1, -0.05) is 12.1 Å². The van der Waals surface area contributed by atoms with Crippen LogP contribution in [0.15, 0.2) is 48.5 Å². The van der Waals surface area contributed by atoms with E-state index < -0.39 is 17.5 Å². The molecule has 3 aromatic carbocycles. The van der Waals surface area contributed by atoms with E-state index >= 15 is 0 Å². The van der Waals surface area contributed by atoms with Gasteiger partial charge in [0.05, 0.1) is 12.6 Å². The van der Waals surface area contributed by atoms with Crippen LogP contribution in [0, 0.1) is 17.5 Å². The molecule has 0 saturated heterocycles. The quantitative estimate of drug-likeness (QED) is 0.446. The van der Waals surface area contributed by atoms with E-state index in [0.29, 0.717) is 33.8 Å². The summed E-state index contributed by atoms with van der Waals surface area (Å²) in [6.07, 6.45) is 3.72. The van der Waals surface area contributed by atoms with Crippen molar-refractivity contribution >= 4 is 23.1 Å². The van der Waals surface area contributed by atoms with E-state index in [9.17, 15) is 13.2 Å². The Hall–Kier alpha value is -3.67. The van der Waals surface area contributed by atoms with E-state index in [1.54, 1.807) is 6.08 Å². The van der Waals surface area contributed by atoms with Gasteiger partial charge in [-0.05, 0) is 68.3 Å². The Kier molecular flexibility index (Phi) is 4.78. The molecule has 0 radical (unpaired) electrons. The van der Waals surface area contributed by atoms with Crippen LogP contribution in [0.2, 0.25) is 0 Å². The molecule has 2 aliphatic heterocycles. The summed E-state index contributed by atoms with van der Waals surface area (Å²) in [7, 11) is 1.49. The van der Waals surface area contributed by atoms with Crippen molar-refractivity contribution in [2.75, 3.05) is 12.4 Å². The molecule has 0 atom stereocenters. The summed E-state index contributed by atoms with van der Waals surface area (Å²) in [5.41, 5.74) is 4.53. The number of methoxy groups -OCH3 is 1. The smallest absolute Gasteiger partial charge is 0.171 e. The van der Waals surface area contributed by atoms with Crippen molar-refractivity contribution in [3.8, 4) is 22.6 Å². The predicted octanol–water partition coefficient (Wildman–Crippen LogP) is 7.28. The van der Waals surface area contributed by atoms with Gasteiger partial charge in [-0.2, -0.15) is 0 Å². The Bertz CT molecular complexity index is 1370. The molecule has 0 spiro atoms. The summed E-state index contributed by atoms with van der Waals surface area (Å²) in [5, 5.41) is 3.49. The Morgan fingerprint density at radius 1 is 0.939 bits per heavy atom. The highest BCUT2D eigenvalue weighted by atomic mass is 19.1. The third-order valence-corrected chi connectivity index (χ3v) is 5.87. The van der Waals surface area contributed by atoms with Crippen LogP contribution in [-0.2, 0) is 0 Å². The van der Waals surface area contributed by atoms with Crippen LogP contribution < -0.4 is 14.8 Å². The van der Waals surface area contributed by atoms with E-state index in [2.05, 4.69) is 25.2 Å². The van der Waals surface area contributed by atoms with Gasteiger partial charge in [0.15, 0.2) is 11.6 Å². The van der Waals surface area contributed by atoms with Crippen LogP contribution in [0.1, 0.15) is 37.5 Å². The number of rotatable bonds is 2. The second-order valence-corrected chi connectivity index (χ2v) is 8.85. The number of allylic oxidation sites excluding steroid dienone is 1.